The van der Waals surface area contributed by atoms with Crippen LogP contribution >= 0.6 is 0 Å². The Hall–Kier alpha value is -1.80. The predicted octanol–water partition coefficient (Wildman–Crippen LogP) is 3.72. The number of nitrogens with one attached hydrogen (secondary N) is 1. The molecular formula is C17H21NO. The Kier molecular flexibility index (Phi) is 1.33. The Balaban J connectivity index is 2.93. The van der Waals surface area contributed by atoms with E-state index in [-0.39, 0.29) is 0 Å². The van der Waals surface area contributed by atoms with Crippen LogP contribution < -0.4 is 10.1 Å². The molecule has 0 heterocycles. The van der Waals surface area contributed by atoms with Crippen molar-refractivity contribution in [1.29, 1.82) is 0 Å². The van der Waals surface area contributed by atoms with Gasteiger partial charge in [0.25, 0.3) is 0 Å². The molecule has 19 heavy (non-hydrogen) atoms. The Morgan fingerprint density at radius 1 is 1.21 bits per heavy atom. The number of ether oxygens (including phenoxy) is 1. The van der Waals surface area contributed by atoms with Crippen molar-refractivity contribution in [3.05, 3.63) is 65.5 Å². The largest absolute Gasteiger partial charge is 0.485 e. The van der Waals surface area contributed by atoms with Crippen LogP contribution in [0.15, 0.2) is 54.4 Å². The number of hydrogen-bond donors (Lipinski definition) is 1. The van der Waals surface area contributed by atoms with Crippen LogP contribution in [0.3, 0.4) is 0 Å². The van der Waals surface area contributed by atoms with Crippen LogP contribution in [0, 0.1) is 6.85 Å². The van der Waals surface area contributed by atoms with Gasteiger partial charge in [-0.3, -0.25) is 0 Å². The molecule has 0 aliphatic carbocycles. The first-order valence-electron chi connectivity index (χ1n) is 13.7. The Labute approximate surface area is 139 Å². The quantitative estimate of drug-likeness (QED) is 0.865. The number of para-hydroxylation sites is 1. The van der Waals surface area contributed by atoms with Gasteiger partial charge in [0, 0.05) is 17.3 Å². The summed E-state index contributed by atoms with van der Waals surface area (Å²) in [5.41, 5.74) is -1.83. The molecule has 0 aliphatic rings. The molecule has 0 radical (unpaired) electrons. The summed E-state index contributed by atoms with van der Waals surface area (Å²) in [4.78, 5) is 0. The van der Waals surface area contributed by atoms with Gasteiger partial charge in [-0.1, -0.05) is 48.3 Å². The first-order chi connectivity index (χ1) is 16.1. The van der Waals surface area contributed by atoms with Crippen molar-refractivity contribution in [2.75, 3.05) is 13.5 Å². The molecule has 0 amide bonds. The van der Waals surface area contributed by atoms with Gasteiger partial charge in [-0.15, -0.1) is 0 Å². The van der Waals surface area contributed by atoms with Gasteiger partial charge < -0.3 is 10.1 Å². The van der Waals surface area contributed by atoms with Gasteiger partial charge in [0.2, 0.25) is 0 Å². The zero-order chi connectivity index (χ0) is 28.1. The average molecular weight is 272 g/mol. The fourth-order valence-electron chi connectivity index (χ4n) is 1.24. The van der Waals surface area contributed by atoms with Crippen LogP contribution in [0.5, 0.6) is 5.75 Å². The van der Waals surface area contributed by atoms with Crippen LogP contribution in [-0.4, -0.2) is 13.5 Å². The summed E-state index contributed by atoms with van der Waals surface area (Å²) in [6.45, 7) is -7.10. The van der Waals surface area contributed by atoms with Gasteiger partial charge in [0.05, 0.1) is 12.3 Å². The predicted molar refractivity (Wildman–Crippen MR) is 79.5 cm³/mol. The number of hydrogen-bond acceptors (Lipinski definition) is 2. The van der Waals surface area contributed by atoms with E-state index in [2.05, 4.69) is 0 Å². The monoisotopic (exact) mass is 272 g/mol. The van der Waals surface area contributed by atoms with Crippen molar-refractivity contribution in [3.63, 3.8) is 0 Å². The van der Waals surface area contributed by atoms with E-state index in [1.165, 1.54) is 0 Å². The van der Waals surface area contributed by atoms with Crippen molar-refractivity contribution in [1.82, 2.24) is 5.32 Å². The topological polar surface area (TPSA) is 21.3 Å². The minimum atomic E-state index is -3.19. The van der Waals surface area contributed by atoms with Gasteiger partial charge >= 0.3 is 0 Å². The van der Waals surface area contributed by atoms with Crippen molar-refractivity contribution >= 4 is 0 Å². The molecule has 2 nitrogen and oxygen atoms in total. The molecule has 1 unspecified atom stereocenters. The maximum Gasteiger partial charge on any atom is 0.125 e. The third-order valence-electron chi connectivity index (χ3n) is 2.05. The molecule has 0 saturated heterocycles. The molecule has 0 aromatic heterocycles. The van der Waals surface area contributed by atoms with E-state index in [9.17, 15) is 0 Å². The Morgan fingerprint density at radius 2 is 2.00 bits per heavy atom. The molecule has 2 rings (SSSR count). The zero-order valence-electron chi connectivity index (χ0n) is 26.7. The second-order valence-electron chi connectivity index (χ2n) is 3.30. The first kappa shape index (κ1) is 3.64. The summed E-state index contributed by atoms with van der Waals surface area (Å²) in [6, 6.07) is -8.31. The third kappa shape index (κ3) is 3.83. The standard InChI is InChI=1S/C17H21NO/c1-14-8-6-7-11-16(14)19-17(12-13-18-2)15-9-4-3-5-10-15/h3-11,17-18H,12-13H2,1-2H3/i1D3,2D3,3D,4D,5D,6D,7D,8D,9D,10D,11D,12D2. The lowest BCUT2D eigenvalue weighted by Crippen LogP contribution is -2.16. The van der Waals surface area contributed by atoms with Gasteiger partial charge in [-0.05, 0) is 37.5 Å². The van der Waals surface area contributed by atoms with Gasteiger partial charge in [0.15, 0.2) is 0 Å². The highest BCUT2D eigenvalue weighted by atomic mass is 16.5. The van der Waals surface area contributed by atoms with E-state index in [0.29, 0.717) is 0 Å². The third-order valence-corrected chi connectivity index (χ3v) is 2.05. The Morgan fingerprint density at radius 3 is 2.79 bits per heavy atom. The van der Waals surface area contributed by atoms with Crippen LogP contribution in [-0.2, 0) is 0 Å². The number of benzene rings is 2. The normalized spacial score (nSPS) is 27.1. The smallest absolute Gasteiger partial charge is 0.125 e. The number of rotatable bonds is 6. The van der Waals surface area contributed by atoms with Crippen LogP contribution in [0.25, 0.3) is 0 Å². The van der Waals surface area contributed by atoms with Crippen molar-refractivity contribution in [3.8, 4) is 5.75 Å². The van der Waals surface area contributed by atoms with Crippen LogP contribution in [0.1, 0.15) is 46.9 Å². The molecule has 2 heteroatoms. The van der Waals surface area contributed by atoms with E-state index < -0.39 is 104 Å². The molecule has 2 aromatic carbocycles. The fourth-order valence-corrected chi connectivity index (χ4v) is 1.24. The highest BCUT2D eigenvalue weighted by Gasteiger charge is 2.13. The average Bonchev–Trinajstić information content (AvgIpc) is 2.74. The summed E-state index contributed by atoms with van der Waals surface area (Å²) in [5, 5.41) is 1.90. The van der Waals surface area contributed by atoms with Crippen LogP contribution in [0.2, 0.25) is 0 Å². The molecule has 0 aliphatic heterocycles. The summed E-state index contributed by atoms with van der Waals surface area (Å²) >= 11 is 0. The molecule has 0 fully saturated rings. The lowest BCUT2D eigenvalue weighted by Gasteiger charge is -2.20. The lowest BCUT2D eigenvalue weighted by atomic mass is 10.1. The van der Waals surface area contributed by atoms with E-state index in [1.54, 1.807) is 0 Å². The highest BCUT2D eigenvalue weighted by Crippen LogP contribution is 2.26. The summed E-state index contributed by atoms with van der Waals surface area (Å²) in [6.07, 6.45) is -5.22. The highest BCUT2D eigenvalue weighted by molar-refractivity contribution is 5.33. The first-order valence-corrected chi connectivity index (χ1v) is 5.22. The second kappa shape index (κ2) is 6.95. The van der Waals surface area contributed by atoms with Crippen LogP contribution in [0.4, 0.5) is 0 Å². The van der Waals surface area contributed by atoms with Crippen molar-refractivity contribution in [2.24, 2.45) is 0 Å². The minimum absolute atomic E-state index is 0.803. The molecule has 0 bridgehead atoms. The minimum Gasteiger partial charge on any atom is -0.485 e. The van der Waals surface area contributed by atoms with E-state index in [0.717, 1.165) is 0 Å². The maximum absolute atomic E-state index is 8.45. The molecule has 0 spiro atoms. The van der Waals surface area contributed by atoms with Crippen molar-refractivity contribution in [2.45, 2.75) is 19.3 Å². The summed E-state index contributed by atoms with van der Waals surface area (Å²) in [5.74, 6) is -1.03. The Bertz CT molecular complexity index is 1140. The SMILES string of the molecule is [2H]c1c([2H])c([2H])c(C(Oc2c([2H])c([2H])c([2H])c([2H])c2C([2H])([2H])[2H])C([2H])([2H])CNC([2H])([2H])[2H])c([2H])c1[2H]. The molecular weight excluding hydrogens is 234 g/mol. The molecule has 100 valence electrons. The van der Waals surface area contributed by atoms with Crippen molar-refractivity contribution < 1.29 is 28.0 Å². The van der Waals surface area contributed by atoms with E-state index in [4.69, 9.17) is 28.0 Å². The summed E-state index contributed by atoms with van der Waals surface area (Å²) < 4.78 is 139. The molecule has 1 N–H and O–H groups in total. The lowest BCUT2D eigenvalue weighted by molar-refractivity contribution is 0.193. The van der Waals surface area contributed by atoms with Gasteiger partial charge in [-0.2, -0.15) is 0 Å². The molecule has 0 saturated carbocycles. The molecule has 2 aromatic rings. The van der Waals surface area contributed by atoms with Gasteiger partial charge in [-0.25, -0.2) is 0 Å². The second-order valence-corrected chi connectivity index (χ2v) is 3.30. The van der Waals surface area contributed by atoms with E-state index in [1.807, 2.05) is 5.32 Å². The maximum atomic E-state index is 8.45. The van der Waals surface area contributed by atoms with Gasteiger partial charge in [0.1, 0.15) is 11.9 Å². The summed E-state index contributed by atoms with van der Waals surface area (Å²) in [7, 11) is 0. The fraction of sp³-hybridized carbons (Fsp3) is 0.294. The zero-order valence-corrected chi connectivity index (χ0v) is 9.69. The van der Waals surface area contributed by atoms with E-state index >= 15 is 0 Å². The molecule has 1 atom stereocenters.